The first kappa shape index (κ1) is 21.2. The number of aliphatic imine (C=N–C) groups is 1. The van der Waals surface area contributed by atoms with Gasteiger partial charge in [0.25, 0.3) is 0 Å². The number of guanidine groups is 1. The molecule has 6 heteroatoms. The standard InChI is InChI=1S/C21H27N5.HI/c1-4-16(2)25-21(22-3)23-13-17-9-11-18(12-10-17)14-26-15-24-19-7-5-6-8-20(19)26;/h5-12,15-16H,4,13-14H2,1-3H3,(H2,22,23,25);1H. The molecule has 5 nitrogen and oxygen atoms in total. The molecule has 3 aromatic rings. The lowest BCUT2D eigenvalue weighted by molar-refractivity contribution is 0.624. The van der Waals surface area contributed by atoms with Gasteiger partial charge >= 0.3 is 0 Å². The highest BCUT2D eigenvalue weighted by molar-refractivity contribution is 14.0. The van der Waals surface area contributed by atoms with Gasteiger partial charge in [0, 0.05) is 26.2 Å². The van der Waals surface area contributed by atoms with Gasteiger partial charge in [-0.05, 0) is 36.6 Å². The summed E-state index contributed by atoms with van der Waals surface area (Å²) in [5.41, 5.74) is 4.70. The number of benzene rings is 2. The van der Waals surface area contributed by atoms with Gasteiger partial charge in [0.2, 0.25) is 0 Å². The average Bonchev–Trinajstić information content (AvgIpc) is 3.09. The van der Waals surface area contributed by atoms with Crippen LogP contribution in [0.1, 0.15) is 31.4 Å². The molecular formula is C21H28IN5. The molecule has 0 saturated heterocycles. The molecule has 0 aliphatic carbocycles. The highest BCUT2D eigenvalue weighted by Gasteiger charge is 2.04. The molecule has 0 amide bonds. The molecule has 0 aliphatic rings. The Balaban J connectivity index is 0.00000261. The first-order valence-corrected chi connectivity index (χ1v) is 9.14. The highest BCUT2D eigenvalue weighted by atomic mass is 127. The van der Waals surface area contributed by atoms with Crippen molar-refractivity contribution in [2.45, 2.75) is 39.4 Å². The van der Waals surface area contributed by atoms with Crippen LogP contribution in [-0.4, -0.2) is 28.6 Å². The van der Waals surface area contributed by atoms with Crippen molar-refractivity contribution in [1.82, 2.24) is 20.2 Å². The molecule has 1 aromatic heterocycles. The molecule has 144 valence electrons. The van der Waals surface area contributed by atoms with Crippen molar-refractivity contribution in [3.05, 3.63) is 66.0 Å². The zero-order valence-corrected chi connectivity index (χ0v) is 18.5. The van der Waals surface area contributed by atoms with Gasteiger partial charge < -0.3 is 15.2 Å². The lowest BCUT2D eigenvalue weighted by Crippen LogP contribution is -2.41. The van der Waals surface area contributed by atoms with Gasteiger partial charge in [0.05, 0.1) is 17.4 Å². The molecule has 0 spiro atoms. The minimum Gasteiger partial charge on any atom is -0.354 e. The largest absolute Gasteiger partial charge is 0.354 e. The third-order valence-electron chi connectivity index (χ3n) is 4.58. The Hall–Kier alpha value is -2.09. The van der Waals surface area contributed by atoms with Gasteiger partial charge in [-0.1, -0.05) is 43.3 Å². The number of rotatable bonds is 6. The number of nitrogens with one attached hydrogen (secondary N) is 2. The van der Waals surface area contributed by atoms with E-state index in [4.69, 9.17) is 0 Å². The van der Waals surface area contributed by atoms with E-state index >= 15 is 0 Å². The van der Waals surface area contributed by atoms with Crippen LogP contribution in [0, 0.1) is 0 Å². The number of halogens is 1. The first-order valence-electron chi connectivity index (χ1n) is 9.14. The maximum Gasteiger partial charge on any atom is 0.191 e. The summed E-state index contributed by atoms with van der Waals surface area (Å²) in [6.45, 7) is 5.89. The van der Waals surface area contributed by atoms with Gasteiger partial charge in [-0.3, -0.25) is 4.99 Å². The molecular weight excluding hydrogens is 449 g/mol. The first-order chi connectivity index (χ1) is 12.7. The molecule has 2 aromatic carbocycles. The fourth-order valence-corrected chi connectivity index (χ4v) is 2.81. The van der Waals surface area contributed by atoms with E-state index in [2.05, 4.69) is 75.4 Å². The maximum absolute atomic E-state index is 4.45. The molecule has 0 fully saturated rings. The Morgan fingerprint density at radius 2 is 1.81 bits per heavy atom. The second kappa shape index (κ2) is 10.3. The molecule has 0 saturated carbocycles. The van der Waals surface area contributed by atoms with Gasteiger partial charge in [0.1, 0.15) is 0 Å². The van der Waals surface area contributed by atoms with Crippen molar-refractivity contribution in [3.8, 4) is 0 Å². The Labute approximate surface area is 178 Å². The molecule has 2 N–H and O–H groups in total. The van der Waals surface area contributed by atoms with Crippen LogP contribution in [0.5, 0.6) is 0 Å². The quantitative estimate of drug-likeness (QED) is 0.319. The van der Waals surface area contributed by atoms with Crippen molar-refractivity contribution >= 4 is 41.0 Å². The van der Waals surface area contributed by atoms with Crippen LogP contribution in [0.4, 0.5) is 0 Å². The van der Waals surface area contributed by atoms with Crippen LogP contribution in [0.15, 0.2) is 59.9 Å². The third kappa shape index (κ3) is 5.69. The van der Waals surface area contributed by atoms with E-state index in [1.165, 1.54) is 11.1 Å². The van der Waals surface area contributed by atoms with Crippen LogP contribution in [0.2, 0.25) is 0 Å². The van der Waals surface area contributed by atoms with E-state index in [1.54, 1.807) is 7.05 Å². The van der Waals surface area contributed by atoms with E-state index in [1.807, 2.05) is 18.5 Å². The summed E-state index contributed by atoms with van der Waals surface area (Å²) in [4.78, 5) is 8.73. The Bertz CT molecular complexity index is 870. The highest BCUT2D eigenvalue weighted by Crippen LogP contribution is 2.14. The fourth-order valence-electron chi connectivity index (χ4n) is 2.81. The summed E-state index contributed by atoms with van der Waals surface area (Å²) in [7, 11) is 1.80. The molecule has 0 radical (unpaired) electrons. The van der Waals surface area contributed by atoms with Crippen LogP contribution < -0.4 is 10.6 Å². The van der Waals surface area contributed by atoms with Crippen LogP contribution in [-0.2, 0) is 13.1 Å². The molecule has 0 bridgehead atoms. The van der Waals surface area contributed by atoms with E-state index in [0.717, 1.165) is 36.5 Å². The number of fused-ring (bicyclic) bond motifs is 1. The smallest absolute Gasteiger partial charge is 0.191 e. The van der Waals surface area contributed by atoms with E-state index in [-0.39, 0.29) is 24.0 Å². The number of hydrogen-bond donors (Lipinski definition) is 2. The normalized spacial score (nSPS) is 12.5. The van der Waals surface area contributed by atoms with Crippen LogP contribution >= 0.6 is 24.0 Å². The summed E-state index contributed by atoms with van der Waals surface area (Å²) in [6, 6.07) is 17.3. The summed E-state index contributed by atoms with van der Waals surface area (Å²) in [5, 5.41) is 6.74. The zero-order chi connectivity index (χ0) is 18.4. The molecule has 1 unspecified atom stereocenters. The van der Waals surface area contributed by atoms with Crippen molar-refractivity contribution < 1.29 is 0 Å². The fraction of sp³-hybridized carbons (Fsp3) is 0.333. The van der Waals surface area contributed by atoms with Crippen LogP contribution in [0.3, 0.4) is 0 Å². The van der Waals surface area contributed by atoms with Crippen LogP contribution in [0.25, 0.3) is 11.0 Å². The number of imidazole rings is 1. The average molecular weight is 477 g/mol. The van der Waals surface area contributed by atoms with Gasteiger partial charge in [-0.15, -0.1) is 24.0 Å². The number of hydrogen-bond acceptors (Lipinski definition) is 2. The molecule has 3 rings (SSSR count). The minimum absolute atomic E-state index is 0. The Morgan fingerprint density at radius 3 is 2.52 bits per heavy atom. The summed E-state index contributed by atoms with van der Waals surface area (Å²) >= 11 is 0. The predicted molar refractivity (Wildman–Crippen MR) is 124 cm³/mol. The SMILES string of the molecule is CCC(C)NC(=NC)NCc1ccc(Cn2cnc3ccccc32)cc1.I. The molecule has 1 heterocycles. The summed E-state index contributed by atoms with van der Waals surface area (Å²) in [5.74, 6) is 0.841. The van der Waals surface area contributed by atoms with E-state index < -0.39 is 0 Å². The molecule has 1 atom stereocenters. The van der Waals surface area contributed by atoms with Gasteiger partial charge in [-0.25, -0.2) is 4.98 Å². The van der Waals surface area contributed by atoms with Crippen molar-refractivity contribution in [2.24, 2.45) is 4.99 Å². The van der Waals surface area contributed by atoms with Gasteiger partial charge in [0.15, 0.2) is 5.96 Å². The molecule has 0 aliphatic heterocycles. The number of nitrogens with zero attached hydrogens (tertiary/aromatic N) is 3. The zero-order valence-electron chi connectivity index (χ0n) is 16.1. The third-order valence-corrected chi connectivity index (χ3v) is 4.58. The maximum atomic E-state index is 4.45. The Morgan fingerprint density at radius 1 is 1.11 bits per heavy atom. The summed E-state index contributed by atoms with van der Waals surface area (Å²) in [6.07, 6.45) is 2.98. The van der Waals surface area contributed by atoms with E-state index in [0.29, 0.717) is 6.04 Å². The minimum atomic E-state index is 0. The van der Waals surface area contributed by atoms with Gasteiger partial charge in [-0.2, -0.15) is 0 Å². The topological polar surface area (TPSA) is 54.2 Å². The molecule has 27 heavy (non-hydrogen) atoms. The second-order valence-electron chi connectivity index (χ2n) is 6.56. The van der Waals surface area contributed by atoms with Crippen molar-refractivity contribution in [1.29, 1.82) is 0 Å². The van der Waals surface area contributed by atoms with Crippen molar-refractivity contribution in [2.75, 3.05) is 7.05 Å². The summed E-state index contributed by atoms with van der Waals surface area (Å²) < 4.78 is 2.18. The second-order valence-corrected chi connectivity index (χ2v) is 6.56. The van der Waals surface area contributed by atoms with Crippen molar-refractivity contribution in [3.63, 3.8) is 0 Å². The predicted octanol–water partition coefficient (Wildman–Crippen LogP) is 4.17. The lowest BCUT2D eigenvalue weighted by atomic mass is 10.1. The lowest BCUT2D eigenvalue weighted by Gasteiger charge is -2.16. The van der Waals surface area contributed by atoms with E-state index in [9.17, 15) is 0 Å². The Kier molecular flexibility index (Phi) is 8.09. The number of para-hydroxylation sites is 2. The monoisotopic (exact) mass is 477 g/mol. The number of aromatic nitrogens is 2.